The lowest BCUT2D eigenvalue weighted by Gasteiger charge is -2.24. The predicted molar refractivity (Wildman–Crippen MR) is 158 cm³/mol. The minimum Gasteiger partial charge on any atom is -0.507 e. The van der Waals surface area contributed by atoms with E-state index in [2.05, 4.69) is 18.8 Å². The first kappa shape index (κ1) is 27.1. The Bertz CT molecular complexity index is 1700. The zero-order chi connectivity index (χ0) is 28.7. The van der Waals surface area contributed by atoms with Crippen molar-refractivity contribution in [1.29, 1.82) is 0 Å². The molecule has 0 unspecified atom stereocenters. The van der Waals surface area contributed by atoms with E-state index in [0.717, 1.165) is 11.1 Å². The quantitative estimate of drug-likeness (QED) is 0.144. The maximum atomic E-state index is 13.6. The van der Waals surface area contributed by atoms with Crippen molar-refractivity contribution in [3.63, 3.8) is 0 Å². The van der Waals surface area contributed by atoms with Gasteiger partial charge in [-0.25, -0.2) is 4.98 Å². The van der Waals surface area contributed by atoms with Crippen molar-refractivity contribution in [3.05, 3.63) is 82.4 Å². The minimum absolute atomic E-state index is 0.0525. The third-order valence-electron chi connectivity index (χ3n) is 6.94. The number of aromatic nitrogens is 1. The number of hydrogen-bond donors (Lipinski definition) is 1. The summed E-state index contributed by atoms with van der Waals surface area (Å²) in [5.41, 5.74) is 1.52. The highest BCUT2D eigenvalue weighted by Crippen LogP contribution is 2.45. The van der Waals surface area contributed by atoms with Gasteiger partial charge < -0.3 is 19.3 Å². The Hall–Kier alpha value is -4.08. The number of nitrogens with zero attached hydrogens (tertiary/aromatic N) is 2. The molecule has 1 amide bonds. The van der Waals surface area contributed by atoms with Crippen molar-refractivity contribution in [2.75, 3.05) is 24.7 Å². The number of ketones is 1. The Morgan fingerprint density at radius 2 is 1.90 bits per heavy atom. The molecule has 1 N–H and O–H groups in total. The highest BCUT2D eigenvalue weighted by molar-refractivity contribution is 7.22. The van der Waals surface area contributed by atoms with Crippen LogP contribution in [0.15, 0.2) is 66.2 Å². The topological polar surface area (TPSA) is 98.2 Å². The van der Waals surface area contributed by atoms with Gasteiger partial charge in [-0.05, 0) is 66.4 Å². The number of aliphatic hydroxyl groups is 1. The van der Waals surface area contributed by atoms with E-state index in [9.17, 15) is 14.7 Å². The highest BCUT2D eigenvalue weighted by atomic mass is 35.5. The van der Waals surface area contributed by atoms with Crippen LogP contribution in [0.4, 0.5) is 5.13 Å². The Morgan fingerprint density at radius 1 is 1.10 bits per heavy atom. The van der Waals surface area contributed by atoms with Crippen LogP contribution in [-0.4, -0.2) is 41.6 Å². The van der Waals surface area contributed by atoms with Crippen LogP contribution in [0.5, 0.6) is 17.2 Å². The van der Waals surface area contributed by atoms with Gasteiger partial charge in [-0.2, -0.15) is 0 Å². The lowest BCUT2D eigenvalue weighted by atomic mass is 9.95. The van der Waals surface area contributed by atoms with Gasteiger partial charge in [-0.15, -0.1) is 0 Å². The fraction of sp³-hybridized carbons (Fsp3) is 0.258. The van der Waals surface area contributed by atoms with E-state index in [1.807, 2.05) is 12.1 Å². The molecule has 0 saturated carbocycles. The summed E-state index contributed by atoms with van der Waals surface area (Å²) >= 11 is 7.44. The molecule has 10 heteroatoms. The number of aliphatic hydroxyl groups excluding tert-OH is 1. The van der Waals surface area contributed by atoms with Crippen LogP contribution in [0, 0.1) is 5.92 Å². The molecule has 0 bridgehead atoms. The summed E-state index contributed by atoms with van der Waals surface area (Å²) in [6.45, 7) is 5.56. The largest absolute Gasteiger partial charge is 0.507 e. The van der Waals surface area contributed by atoms with Crippen molar-refractivity contribution in [3.8, 4) is 17.2 Å². The van der Waals surface area contributed by atoms with Gasteiger partial charge in [-0.1, -0.05) is 48.9 Å². The smallest absolute Gasteiger partial charge is 0.301 e. The molecule has 3 heterocycles. The fourth-order valence-electron chi connectivity index (χ4n) is 4.87. The van der Waals surface area contributed by atoms with E-state index in [0.29, 0.717) is 69.8 Å². The Balaban J connectivity index is 1.48. The maximum absolute atomic E-state index is 13.6. The number of amides is 1. The van der Waals surface area contributed by atoms with Crippen LogP contribution in [0.2, 0.25) is 5.02 Å². The number of halogens is 1. The lowest BCUT2D eigenvalue weighted by Crippen LogP contribution is -2.29. The van der Waals surface area contributed by atoms with E-state index in [1.54, 1.807) is 48.5 Å². The van der Waals surface area contributed by atoms with Gasteiger partial charge in [0.2, 0.25) is 0 Å². The number of rotatable bonds is 7. The molecule has 3 aromatic carbocycles. The van der Waals surface area contributed by atoms with E-state index in [4.69, 9.17) is 25.8 Å². The van der Waals surface area contributed by atoms with Crippen LogP contribution < -0.4 is 19.1 Å². The van der Waals surface area contributed by atoms with Gasteiger partial charge >= 0.3 is 5.91 Å². The van der Waals surface area contributed by atoms with Crippen molar-refractivity contribution < 1.29 is 28.9 Å². The van der Waals surface area contributed by atoms with Gasteiger partial charge in [0.15, 0.2) is 16.6 Å². The van der Waals surface area contributed by atoms with E-state index in [1.165, 1.54) is 16.2 Å². The first-order chi connectivity index (χ1) is 19.8. The molecule has 1 aromatic heterocycles. The number of thiazole rings is 1. The van der Waals surface area contributed by atoms with Crippen molar-refractivity contribution in [2.24, 2.45) is 5.92 Å². The average molecular weight is 591 g/mol. The van der Waals surface area contributed by atoms with Crippen molar-refractivity contribution in [2.45, 2.75) is 26.3 Å². The van der Waals surface area contributed by atoms with Crippen LogP contribution in [0.25, 0.3) is 16.0 Å². The maximum Gasteiger partial charge on any atom is 0.301 e. The predicted octanol–water partition coefficient (Wildman–Crippen LogP) is 6.77. The van der Waals surface area contributed by atoms with Crippen LogP contribution in [-0.2, 0) is 9.59 Å². The monoisotopic (exact) mass is 590 g/mol. The zero-order valence-electron chi connectivity index (χ0n) is 22.4. The molecule has 1 atom stereocenters. The molecule has 0 radical (unpaired) electrons. The van der Waals surface area contributed by atoms with Crippen molar-refractivity contribution >= 4 is 55.7 Å². The molecule has 4 aromatic rings. The molecule has 0 spiro atoms. The van der Waals surface area contributed by atoms with E-state index >= 15 is 0 Å². The second-order valence-corrected chi connectivity index (χ2v) is 11.7. The van der Waals surface area contributed by atoms with Gasteiger partial charge in [0, 0.05) is 10.6 Å². The van der Waals surface area contributed by atoms with Crippen molar-refractivity contribution in [1.82, 2.24) is 4.98 Å². The second-order valence-electron chi connectivity index (χ2n) is 10.2. The number of fused-ring (bicyclic) bond motifs is 2. The SMILES string of the molecule is CC(C)CCOc1cccc([C@@H]2C(=C(O)c3ccc4c(c3)OCCO4)C(=O)C(=O)N2c2nc3ccc(Cl)cc3s2)c1. The summed E-state index contributed by atoms with van der Waals surface area (Å²) < 4.78 is 18.0. The van der Waals surface area contributed by atoms with Gasteiger partial charge in [0.25, 0.3) is 5.78 Å². The number of anilines is 1. The van der Waals surface area contributed by atoms with Gasteiger partial charge in [0.05, 0.1) is 28.4 Å². The summed E-state index contributed by atoms with van der Waals surface area (Å²) in [6.07, 6.45) is 0.876. The summed E-state index contributed by atoms with van der Waals surface area (Å²) in [5.74, 6) is 0.158. The highest BCUT2D eigenvalue weighted by Gasteiger charge is 2.48. The third-order valence-corrected chi connectivity index (χ3v) is 8.20. The van der Waals surface area contributed by atoms with Crippen LogP contribution >= 0.6 is 22.9 Å². The van der Waals surface area contributed by atoms with E-state index in [-0.39, 0.29) is 11.3 Å². The number of ether oxygens (including phenoxy) is 3. The zero-order valence-corrected chi connectivity index (χ0v) is 24.0. The molecular formula is C31H27ClN2O6S. The molecule has 2 aliphatic heterocycles. The molecule has 6 rings (SSSR count). The summed E-state index contributed by atoms with van der Waals surface area (Å²) in [5, 5.41) is 12.4. The normalized spacial score (nSPS) is 18.0. The number of Topliss-reactive ketones (excluding diaryl/α,β-unsaturated/α-hetero) is 1. The van der Waals surface area contributed by atoms with Crippen LogP contribution in [0.1, 0.15) is 37.4 Å². The first-order valence-corrected chi connectivity index (χ1v) is 14.5. The van der Waals surface area contributed by atoms with Gasteiger partial charge in [0.1, 0.15) is 24.7 Å². The number of carbonyl (C=O) groups is 2. The van der Waals surface area contributed by atoms with E-state index < -0.39 is 17.7 Å². The number of hydrogen-bond acceptors (Lipinski definition) is 8. The molecule has 8 nitrogen and oxygen atoms in total. The molecule has 1 fully saturated rings. The summed E-state index contributed by atoms with van der Waals surface area (Å²) in [4.78, 5) is 33.3. The van der Waals surface area contributed by atoms with Crippen LogP contribution in [0.3, 0.4) is 0 Å². The number of carbonyl (C=O) groups excluding carboxylic acids is 2. The fourth-order valence-corrected chi connectivity index (χ4v) is 6.14. The molecule has 0 aliphatic carbocycles. The summed E-state index contributed by atoms with van der Waals surface area (Å²) in [7, 11) is 0. The average Bonchev–Trinajstić information content (AvgIpc) is 3.49. The molecule has 210 valence electrons. The van der Waals surface area contributed by atoms with Gasteiger partial charge in [-0.3, -0.25) is 14.5 Å². The molecule has 1 saturated heterocycles. The Kier molecular flexibility index (Phi) is 7.32. The first-order valence-electron chi connectivity index (χ1n) is 13.3. The Labute approximate surface area is 245 Å². The Morgan fingerprint density at radius 3 is 2.71 bits per heavy atom. The summed E-state index contributed by atoms with van der Waals surface area (Å²) in [6, 6.07) is 16.5. The minimum atomic E-state index is -0.951. The third kappa shape index (κ3) is 5.23. The molecular weight excluding hydrogens is 564 g/mol. The number of benzene rings is 3. The molecule has 41 heavy (non-hydrogen) atoms. The second kappa shape index (κ2) is 11.1. The molecule has 2 aliphatic rings. The lowest BCUT2D eigenvalue weighted by molar-refractivity contribution is -0.132. The standard InChI is InChI=1S/C31H27ClN2O6S/c1-17(2)10-11-38-21-5-3-4-18(14-21)27-26(28(35)19-6-9-23-24(15-19)40-13-12-39-23)29(36)30(37)34(27)31-33-22-8-7-20(32)16-25(22)41-31/h3-9,14-17,27,35H,10-13H2,1-2H3/t27-/m1/s1.